The molecule has 2 aromatic rings. The van der Waals surface area contributed by atoms with Crippen molar-refractivity contribution in [2.45, 2.75) is 91.0 Å². The summed E-state index contributed by atoms with van der Waals surface area (Å²) < 4.78 is 1.72. The van der Waals surface area contributed by atoms with Gasteiger partial charge in [0, 0.05) is 17.3 Å². The quantitative estimate of drug-likeness (QED) is 0.381. The number of carbonyl (C=O) groups excluding carboxylic acids is 2. The smallest absolute Gasteiger partial charge is 0.178 e. The molecule has 228 valence electrons. The van der Waals surface area contributed by atoms with Gasteiger partial charge in [0.05, 0.1) is 29.5 Å². The van der Waals surface area contributed by atoms with Crippen molar-refractivity contribution in [3.8, 4) is 12.1 Å². The van der Waals surface area contributed by atoms with Crippen molar-refractivity contribution in [2.75, 3.05) is 0 Å². The number of allylic oxidation sites excluding steroid dienone is 5. The predicted molar refractivity (Wildman–Crippen MR) is 169 cm³/mol. The maximum absolute atomic E-state index is 12.4. The number of carbonyl (C=O) groups is 2. The Bertz CT molecular complexity index is 1600. The highest BCUT2D eigenvalue weighted by Crippen LogP contribution is 2.64. The number of hydrogen-bond donors (Lipinski definition) is 0. The summed E-state index contributed by atoms with van der Waals surface area (Å²) in [7, 11) is 0. The van der Waals surface area contributed by atoms with Crippen LogP contribution in [0.4, 0.5) is 0 Å². The van der Waals surface area contributed by atoms with E-state index >= 15 is 0 Å². The van der Waals surface area contributed by atoms with E-state index in [4.69, 9.17) is 0 Å². The van der Waals surface area contributed by atoms with Crippen LogP contribution in [0.3, 0.4) is 0 Å². The average Bonchev–Trinajstić information content (AvgIpc) is 3.61. The SMILES string of the molecule is C=C1C[C@@H]2[C@H](CC[C@]3(C)C(=O)CC[C@@H]23)[C@@]2(C)C=CC(=O)C=C12.CC(C)(C#N)c1cc(Cn2cncn2)cc(C(C)(C)C#N)c1. The van der Waals surface area contributed by atoms with Crippen molar-refractivity contribution in [3.05, 3.63) is 83.5 Å². The van der Waals surface area contributed by atoms with E-state index in [0.717, 1.165) is 59.9 Å². The number of nitriles is 2. The van der Waals surface area contributed by atoms with E-state index in [2.05, 4.69) is 48.7 Å². The van der Waals surface area contributed by atoms with Crippen LogP contribution in [0.1, 0.15) is 90.3 Å². The Morgan fingerprint density at radius 2 is 1.68 bits per heavy atom. The zero-order valence-electron chi connectivity index (χ0n) is 26.9. The van der Waals surface area contributed by atoms with Crippen molar-refractivity contribution < 1.29 is 9.59 Å². The molecule has 0 N–H and O–H groups in total. The van der Waals surface area contributed by atoms with Gasteiger partial charge < -0.3 is 0 Å². The van der Waals surface area contributed by atoms with Crippen molar-refractivity contribution in [1.82, 2.24) is 14.8 Å². The van der Waals surface area contributed by atoms with E-state index in [1.165, 1.54) is 6.33 Å². The number of aromatic nitrogens is 3. The molecule has 0 saturated heterocycles. The monoisotopic (exact) mass is 589 g/mol. The lowest BCUT2D eigenvalue weighted by molar-refractivity contribution is -0.131. The number of hydrogen-bond acceptors (Lipinski definition) is 6. The first-order valence-electron chi connectivity index (χ1n) is 15.6. The standard InChI is InChI=1S/C20H24O2.C17H19N5/c1-12-10-14-15-4-5-18(22)20(15,3)9-7-16(14)19(2)8-6-13(21)11-17(12)19;1-16(2,9-18)14-5-13(8-22-12-20-11-21-22)6-15(7-14)17(3,4)10-19/h6,8,11,14-16H,1,4-5,7,9-10H2,2-3H3;5-7,11-12H,8H2,1-4H3/t14-,15-,16-,19+,20-;/m0./s1. The van der Waals surface area contributed by atoms with Gasteiger partial charge in [-0.15, -0.1) is 0 Å². The number of rotatable bonds is 4. The molecular formula is C37H43N5O2. The second kappa shape index (κ2) is 11.1. The molecule has 5 atom stereocenters. The maximum Gasteiger partial charge on any atom is 0.178 e. The number of nitrogens with zero attached hydrogens (tertiary/aromatic N) is 5. The number of Topliss-reactive ketones (excluding diaryl/α,β-unsaturated/α-hetero) is 1. The first-order chi connectivity index (χ1) is 20.6. The van der Waals surface area contributed by atoms with Crippen LogP contribution in [0.5, 0.6) is 0 Å². The Morgan fingerprint density at radius 1 is 1.02 bits per heavy atom. The van der Waals surface area contributed by atoms with Gasteiger partial charge in [-0.1, -0.05) is 50.3 Å². The van der Waals surface area contributed by atoms with E-state index in [9.17, 15) is 20.1 Å². The van der Waals surface area contributed by atoms with Gasteiger partial charge in [0.25, 0.3) is 0 Å². The lowest BCUT2D eigenvalue weighted by atomic mass is 9.48. The topological polar surface area (TPSA) is 112 Å². The third kappa shape index (κ3) is 5.38. The van der Waals surface area contributed by atoms with Crippen LogP contribution >= 0.6 is 0 Å². The lowest BCUT2D eigenvalue weighted by Gasteiger charge is -2.56. The minimum atomic E-state index is -0.612. The average molecular weight is 590 g/mol. The maximum atomic E-state index is 12.4. The summed E-state index contributed by atoms with van der Waals surface area (Å²) in [6, 6.07) is 10.6. The highest BCUT2D eigenvalue weighted by molar-refractivity contribution is 6.02. The Balaban J connectivity index is 0.000000175. The summed E-state index contributed by atoms with van der Waals surface area (Å²) in [6.45, 7) is 16.8. The zero-order valence-corrected chi connectivity index (χ0v) is 26.9. The van der Waals surface area contributed by atoms with Crippen LogP contribution in [-0.2, 0) is 27.0 Å². The van der Waals surface area contributed by atoms with Gasteiger partial charge in [-0.05, 0) is 106 Å². The van der Waals surface area contributed by atoms with E-state index < -0.39 is 10.8 Å². The summed E-state index contributed by atoms with van der Waals surface area (Å²) >= 11 is 0. The molecular weight excluding hydrogens is 546 g/mol. The minimum absolute atomic E-state index is 0.0686. The van der Waals surface area contributed by atoms with Gasteiger partial charge in [0.1, 0.15) is 18.4 Å². The molecule has 0 spiro atoms. The first-order valence-corrected chi connectivity index (χ1v) is 15.6. The molecule has 3 fully saturated rings. The minimum Gasteiger partial charge on any atom is -0.299 e. The molecule has 1 heterocycles. The van der Waals surface area contributed by atoms with E-state index in [1.54, 1.807) is 23.2 Å². The van der Waals surface area contributed by atoms with Crippen LogP contribution in [0.2, 0.25) is 0 Å². The highest BCUT2D eigenvalue weighted by atomic mass is 16.1. The lowest BCUT2D eigenvalue weighted by Crippen LogP contribution is -2.50. The Labute approximate surface area is 261 Å². The summed E-state index contributed by atoms with van der Waals surface area (Å²) in [5, 5.41) is 22.9. The van der Waals surface area contributed by atoms with E-state index in [1.807, 2.05) is 45.9 Å². The van der Waals surface area contributed by atoms with Crippen molar-refractivity contribution in [3.63, 3.8) is 0 Å². The van der Waals surface area contributed by atoms with E-state index in [-0.39, 0.29) is 16.6 Å². The fourth-order valence-electron chi connectivity index (χ4n) is 8.11. The van der Waals surface area contributed by atoms with Crippen molar-refractivity contribution in [2.24, 2.45) is 28.6 Å². The van der Waals surface area contributed by atoms with Crippen LogP contribution < -0.4 is 0 Å². The van der Waals surface area contributed by atoms with Gasteiger partial charge in [0.2, 0.25) is 0 Å². The van der Waals surface area contributed by atoms with Crippen LogP contribution in [0, 0.1) is 51.2 Å². The highest BCUT2D eigenvalue weighted by Gasteiger charge is 2.59. The van der Waals surface area contributed by atoms with Gasteiger partial charge in [0.15, 0.2) is 5.78 Å². The van der Waals surface area contributed by atoms with E-state index in [0.29, 0.717) is 30.1 Å². The summed E-state index contributed by atoms with van der Waals surface area (Å²) in [6.07, 6.45) is 13.6. The van der Waals surface area contributed by atoms with Gasteiger partial charge in [-0.25, -0.2) is 9.67 Å². The number of benzene rings is 1. The fraction of sp³-hybridized carbons (Fsp3) is 0.514. The molecule has 4 aliphatic carbocycles. The molecule has 44 heavy (non-hydrogen) atoms. The zero-order chi connectivity index (χ0) is 32.1. The molecule has 1 aromatic heterocycles. The molecule has 4 aliphatic rings. The molecule has 0 amide bonds. The van der Waals surface area contributed by atoms with Gasteiger partial charge in [-0.3, -0.25) is 9.59 Å². The molecule has 1 aromatic carbocycles. The molecule has 0 aliphatic heterocycles. The molecule has 7 nitrogen and oxygen atoms in total. The predicted octanol–water partition coefficient (Wildman–Crippen LogP) is 6.96. The summed E-state index contributed by atoms with van der Waals surface area (Å²) in [5.41, 5.74) is 3.69. The molecule has 7 heteroatoms. The van der Waals surface area contributed by atoms with Gasteiger partial charge >= 0.3 is 0 Å². The third-order valence-corrected chi connectivity index (χ3v) is 11.0. The largest absolute Gasteiger partial charge is 0.299 e. The number of fused-ring (bicyclic) bond motifs is 5. The van der Waals surface area contributed by atoms with Crippen molar-refractivity contribution >= 4 is 11.6 Å². The number of ketones is 2. The Kier molecular flexibility index (Phi) is 7.91. The van der Waals surface area contributed by atoms with Crippen LogP contribution in [0.25, 0.3) is 0 Å². The Morgan fingerprint density at radius 3 is 2.27 bits per heavy atom. The normalized spacial score (nSPS) is 29.3. The third-order valence-electron chi connectivity index (χ3n) is 11.0. The molecule has 0 unspecified atom stereocenters. The first kappa shape index (κ1) is 31.3. The molecule has 0 bridgehead atoms. The van der Waals surface area contributed by atoms with Crippen molar-refractivity contribution in [1.29, 1.82) is 10.5 Å². The van der Waals surface area contributed by atoms with Crippen LogP contribution in [-0.4, -0.2) is 26.3 Å². The molecule has 3 saturated carbocycles. The van der Waals surface area contributed by atoms with Crippen LogP contribution in [0.15, 0.2) is 66.8 Å². The molecule has 0 radical (unpaired) electrons. The second-order valence-electron chi connectivity index (χ2n) is 14.7. The summed E-state index contributed by atoms with van der Waals surface area (Å²) in [4.78, 5) is 28.1. The fourth-order valence-corrected chi connectivity index (χ4v) is 8.11. The Hall–Kier alpha value is -4.10. The summed E-state index contributed by atoms with van der Waals surface area (Å²) in [5.74, 6) is 2.14. The van der Waals surface area contributed by atoms with Gasteiger partial charge in [-0.2, -0.15) is 15.6 Å². The molecule has 6 rings (SSSR count). The second-order valence-corrected chi connectivity index (χ2v) is 14.7.